The van der Waals surface area contributed by atoms with Crippen molar-refractivity contribution >= 4 is 42.3 Å². The van der Waals surface area contributed by atoms with E-state index in [-0.39, 0.29) is 0 Å². The number of aryl methyl sites for hydroxylation is 1. The lowest BCUT2D eigenvalue weighted by molar-refractivity contribution is 0.0909. The highest BCUT2D eigenvalue weighted by molar-refractivity contribution is 6.76. The van der Waals surface area contributed by atoms with Crippen LogP contribution in [-0.4, -0.2) is 34.0 Å². The molecule has 3 aromatic rings. The van der Waals surface area contributed by atoms with E-state index in [0.29, 0.717) is 16.8 Å². The topological polar surface area (TPSA) is 44.9 Å². The Hall–Kier alpha value is -1.34. The zero-order chi connectivity index (χ0) is 18.2. The summed E-state index contributed by atoms with van der Waals surface area (Å²) in [6, 6.07) is 3.11. The molecule has 0 fully saturated rings. The number of aromatic nitrogens is 4. The van der Waals surface area contributed by atoms with Gasteiger partial charge in [-0.15, -0.1) is 0 Å². The van der Waals surface area contributed by atoms with E-state index < -0.39 is 8.07 Å². The minimum absolute atomic E-state index is 0.420. The lowest BCUT2D eigenvalue weighted by Crippen LogP contribution is -2.22. The Morgan fingerprint density at radius 3 is 2.60 bits per heavy atom. The van der Waals surface area contributed by atoms with Gasteiger partial charge >= 0.3 is 0 Å². The Kier molecular flexibility index (Phi) is 5.25. The van der Waals surface area contributed by atoms with Crippen LogP contribution in [0.3, 0.4) is 0 Å². The standard InChI is InChI=1S/C17H22Cl2N4OSi/c1-22-10-12(8-21-22)15-7-13-16(19)14(18)9-20-17(13)23(15)11-24-5-6-25(2,3)4/h7-10H,5-6,11H2,1-4H3. The van der Waals surface area contributed by atoms with Crippen molar-refractivity contribution in [1.29, 1.82) is 0 Å². The molecule has 0 saturated carbocycles. The van der Waals surface area contributed by atoms with Gasteiger partial charge in [0.05, 0.1) is 21.9 Å². The zero-order valence-corrected chi connectivity index (χ0v) is 17.4. The maximum Gasteiger partial charge on any atom is 0.143 e. The summed E-state index contributed by atoms with van der Waals surface area (Å²) in [4.78, 5) is 4.47. The Morgan fingerprint density at radius 1 is 1.20 bits per heavy atom. The average Bonchev–Trinajstić information content (AvgIpc) is 3.10. The number of hydrogen-bond acceptors (Lipinski definition) is 3. The predicted molar refractivity (Wildman–Crippen MR) is 106 cm³/mol. The van der Waals surface area contributed by atoms with Gasteiger partial charge in [0.2, 0.25) is 0 Å². The molecule has 0 amide bonds. The fourth-order valence-corrected chi connectivity index (χ4v) is 3.70. The molecule has 0 saturated heterocycles. The smallest absolute Gasteiger partial charge is 0.143 e. The molecular weight excluding hydrogens is 375 g/mol. The fraction of sp³-hybridized carbons (Fsp3) is 0.412. The molecule has 0 aromatic carbocycles. The second-order valence-electron chi connectivity index (χ2n) is 7.37. The minimum atomic E-state index is -1.13. The van der Waals surface area contributed by atoms with Gasteiger partial charge < -0.3 is 9.30 Å². The van der Waals surface area contributed by atoms with Crippen molar-refractivity contribution < 1.29 is 4.74 Å². The normalized spacial score (nSPS) is 12.2. The van der Waals surface area contributed by atoms with Crippen molar-refractivity contribution in [3.8, 4) is 11.3 Å². The van der Waals surface area contributed by atoms with E-state index in [2.05, 4.69) is 29.7 Å². The largest absolute Gasteiger partial charge is 0.361 e. The molecule has 0 aliphatic rings. The summed E-state index contributed by atoms with van der Waals surface area (Å²) in [6.07, 6.45) is 5.36. The molecule has 0 aliphatic carbocycles. The number of rotatable bonds is 6. The highest BCUT2D eigenvalue weighted by Gasteiger charge is 2.17. The van der Waals surface area contributed by atoms with Crippen molar-refractivity contribution in [2.75, 3.05) is 6.61 Å². The van der Waals surface area contributed by atoms with E-state index in [1.54, 1.807) is 10.9 Å². The van der Waals surface area contributed by atoms with Crippen LogP contribution < -0.4 is 0 Å². The first-order valence-electron chi connectivity index (χ1n) is 8.16. The quantitative estimate of drug-likeness (QED) is 0.432. The number of nitrogens with zero attached hydrogens (tertiary/aromatic N) is 4. The van der Waals surface area contributed by atoms with Gasteiger partial charge in [-0.3, -0.25) is 4.68 Å². The zero-order valence-electron chi connectivity index (χ0n) is 14.9. The van der Waals surface area contributed by atoms with E-state index in [9.17, 15) is 0 Å². The summed E-state index contributed by atoms with van der Waals surface area (Å²) >= 11 is 12.5. The maximum absolute atomic E-state index is 6.38. The average molecular weight is 397 g/mol. The minimum Gasteiger partial charge on any atom is -0.361 e. The summed E-state index contributed by atoms with van der Waals surface area (Å²) < 4.78 is 9.75. The monoisotopic (exact) mass is 396 g/mol. The van der Waals surface area contributed by atoms with Gasteiger partial charge in [0.25, 0.3) is 0 Å². The molecule has 0 aliphatic heterocycles. The summed E-state index contributed by atoms with van der Waals surface area (Å²) in [7, 11) is 0.767. The van der Waals surface area contributed by atoms with E-state index in [4.69, 9.17) is 27.9 Å². The molecule has 0 atom stereocenters. The SMILES string of the molecule is Cn1cc(-c2cc3c(Cl)c(Cl)cnc3n2COCC[Si](C)(C)C)cn1. The molecule has 0 unspecified atom stereocenters. The maximum atomic E-state index is 6.38. The summed E-state index contributed by atoms with van der Waals surface area (Å²) in [5, 5.41) is 6.04. The van der Waals surface area contributed by atoms with Crippen LogP contribution in [0, 0.1) is 0 Å². The second kappa shape index (κ2) is 7.11. The van der Waals surface area contributed by atoms with Crippen LogP contribution in [0.2, 0.25) is 35.7 Å². The van der Waals surface area contributed by atoms with E-state index in [1.807, 2.05) is 30.1 Å². The molecule has 0 bridgehead atoms. The van der Waals surface area contributed by atoms with Crippen molar-refractivity contribution in [3.63, 3.8) is 0 Å². The van der Waals surface area contributed by atoms with Gasteiger partial charge in [0.15, 0.2) is 0 Å². The highest BCUT2D eigenvalue weighted by Crippen LogP contribution is 2.34. The molecule has 25 heavy (non-hydrogen) atoms. The Morgan fingerprint density at radius 2 is 1.96 bits per heavy atom. The van der Waals surface area contributed by atoms with Crippen molar-refractivity contribution in [3.05, 3.63) is 34.7 Å². The van der Waals surface area contributed by atoms with E-state index in [1.165, 1.54) is 0 Å². The molecule has 0 radical (unpaired) electrons. The third-order valence-corrected chi connectivity index (χ3v) is 6.53. The Balaban J connectivity index is 1.97. The van der Waals surface area contributed by atoms with Crippen LogP contribution >= 0.6 is 23.2 Å². The number of fused-ring (bicyclic) bond motifs is 1. The van der Waals surface area contributed by atoms with Gasteiger partial charge in [0, 0.05) is 45.1 Å². The molecule has 3 rings (SSSR count). The van der Waals surface area contributed by atoms with Crippen LogP contribution in [0.25, 0.3) is 22.3 Å². The van der Waals surface area contributed by atoms with Crippen LogP contribution in [0.15, 0.2) is 24.7 Å². The van der Waals surface area contributed by atoms with Gasteiger partial charge in [-0.1, -0.05) is 42.8 Å². The van der Waals surface area contributed by atoms with Gasteiger partial charge in [0.1, 0.15) is 12.4 Å². The highest BCUT2D eigenvalue weighted by atomic mass is 35.5. The first kappa shape index (κ1) is 18.4. The predicted octanol–water partition coefficient (Wildman–Crippen LogP) is 5.06. The summed E-state index contributed by atoms with van der Waals surface area (Å²) in [5.74, 6) is 0. The number of pyridine rings is 1. The van der Waals surface area contributed by atoms with Crippen molar-refractivity contribution in [2.24, 2.45) is 7.05 Å². The Labute approximate surface area is 158 Å². The lowest BCUT2D eigenvalue weighted by Gasteiger charge is -2.16. The molecule has 5 nitrogen and oxygen atoms in total. The van der Waals surface area contributed by atoms with Crippen LogP contribution in [0.1, 0.15) is 0 Å². The number of ether oxygens (including phenoxy) is 1. The molecule has 3 heterocycles. The fourth-order valence-electron chi connectivity index (χ4n) is 2.60. The van der Waals surface area contributed by atoms with Crippen LogP contribution in [0.4, 0.5) is 0 Å². The summed E-state index contributed by atoms with van der Waals surface area (Å²) in [5.41, 5.74) is 2.72. The third-order valence-electron chi connectivity index (χ3n) is 4.03. The molecule has 0 spiro atoms. The van der Waals surface area contributed by atoms with Crippen molar-refractivity contribution in [1.82, 2.24) is 19.3 Å². The second-order valence-corrected chi connectivity index (χ2v) is 13.8. The first-order valence-corrected chi connectivity index (χ1v) is 12.6. The van der Waals surface area contributed by atoms with Crippen LogP contribution in [0.5, 0.6) is 0 Å². The third kappa shape index (κ3) is 4.08. The van der Waals surface area contributed by atoms with Gasteiger partial charge in [-0.2, -0.15) is 5.10 Å². The van der Waals surface area contributed by atoms with Gasteiger partial charge in [-0.05, 0) is 12.1 Å². The Bertz CT molecular complexity index is 898. The number of halogens is 2. The molecule has 0 N–H and O–H groups in total. The van der Waals surface area contributed by atoms with E-state index in [0.717, 1.165) is 34.9 Å². The number of hydrogen-bond donors (Lipinski definition) is 0. The molecular formula is C17H22Cl2N4OSi. The van der Waals surface area contributed by atoms with E-state index >= 15 is 0 Å². The summed E-state index contributed by atoms with van der Waals surface area (Å²) in [6.45, 7) is 8.18. The lowest BCUT2D eigenvalue weighted by atomic mass is 10.2. The van der Waals surface area contributed by atoms with Gasteiger partial charge in [-0.25, -0.2) is 4.98 Å². The van der Waals surface area contributed by atoms with Crippen molar-refractivity contribution in [2.45, 2.75) is 32.4 Å². The molecule has 134 valence electrons. The van der Waals surface area contributed by atoms with Crippen LogP contribution in [-0.2, 0) is 18.5 Å². The first-order chi connectivity index (χ1) is 11.8. The molecule has 3 aromatic heterocycles. The molecule has 8 heteroatoms.